The van der Waals surface area contributed by atoms with E-state index in [1.165, 1.54) is 20.4 Å². The monoisotopic (exact) mass is 277 g/mol. The lowest BCUT2D eigenvalue weighted by molar-refractivity contribution is -0.115. The molecule has 0 saturated carbocycles. The third kappa shape index (κ3) is 3.52. The molecule has 0 aliphatic rings. The first-order valence-electron chi connectivity index (χ1n) is 5.56. The SMILES string of the molecule is CCc1ncc(S(=O)(=O)NC(C)C(OC)OC)[nH]1. The highest BCUT2D eigenvalue weighted by Gasteiger charge is 2.24. The smallest absolute Gasteiger partial charge is 0.258 e. The van der Waals surface area contributed by atoms with Gasteiger partial charge in [-0.3, -0.25) is 0 Å². The Hall–Kier alpha value is -0.960. The van der Waals surface area contributed by atoms with Crippen molar-refractivity contribution in [2.75, 3.05) is 14.2 Å². The first-order chi connectivity index (χ1) is 8.44. The van der Waals surface area contributed by atoms with E-state index in [-0.39, 0.29) is 5.03 Å². The third-order valence-electron chi connectivity index (χ3n) is 2.44. The molecule has 1 aromatic heterocycles. The summed E-state index contributed by atoms with van der Waals surface area (Å²) in [6, 6.07) is -0.515. The van der Waals surface area contributed by atoms with Crippen LogP contribution >= 0.6 is 0 Å². The van der Waals surface area contributed by atoms with Gasteiger partial charge in [0, 0.05) is 20.6 Å². The zero-order valence-electron chi connectivity index (χ0n) is 10.9. The van der Waals surface area contributed by atoms with Crippen molar-refractivity contribution in [3.05, 3.63) is 12.0 Å². The second kappa shape index (κ2) is 6.28. The Morgan fingerprint density at radius 1 is 1.44 bits per heavy atom. The van der Waals surface area contributed by atoms with Crippen LogP contribution in [-0.2, 0) is 25.9 Å². The molecule has 0 radical (unpaired) electrons. The van der Waals surface area contributed by atoms with Crippen molar-refractivity contribution >= 4 is 10.0 Å². The summed E-state index contributed by atoms with van der Waals surface area (Å²) in [5.74, 6) is 0.623. The van der Waals surface area contributed by atoms with Gasteiger partial charge < -0.3 is 14.5 Å². The van der Waals surface area contributed by atoms with Crippen LogP contribution in [0.15, 0.2) is 11.2 Å². The summed E-state index contributed by atoms with van der Waals surface area (Å²) < 4.78 is 36.5. The van der Waals surface area contributed by atoms with E-state index in [4.69, 9.17) is 9.47 Å². The van der Waals surface area contributed by atoms with E-state index in [1.54, 1.807) is 6.92 Å². The number of aromatic amines is 1. The van der Waals surface area contributed by atoms with Gasteiger partial charge in [-0.15, -0.1) is 0 Å². The van der Waals surface area contributed by atoms with Crippen LogP contribution in [0.4, 0.5) is 0 Å². The van der Waals surface area contributed by atoms with Crippen LogP contribution in [-0.4, -0.2) is 44.9 Å². The lowest BCUT2D eigenvalue weighted by Gasteiger charge is -2.21. The van der Waals surface area contributed by atoms with E-state index in [0.29, 0.717) is 12.2 Å². The van der Waals surface area contributed by atoms with E-state index < -0.39 is 22.4 Å². The normalized spacial score (nSPS) is 14.1. The van der Waals surface area contributed by atoms with E-state index >= 15 is 0 Å². The molecule has 0 saturated heterocycles. The molecular weight excluding hydrogens is 258 g/mol. The van der Waals surface area contributed by atoms with Gasteiger partial charge in [-0.25, -0.2) is 18.1 Å². The first kappa shape index (κ1) is 15.1. The maximum atomic E-state index is 12.0. The number of rotatable bonds is 7. The lowest BCUT2D eigenvalue weighted by Crippen LogP contribution is -2.42. The predicted octanol–water partition coefficient (Wildman–Crippen LogP) is 0.258. The van der Waals surface area contributed by atoms with Crippen molar-refractivity contribution < 1.29 is 17.9 Å². The van der Waals surface area contributed by atoms with Crippen LogP contribution in [0, 0.1) is 0 Å². The third-order valence-corrected chi connectivity index (χ3v) is 3.91. The minimum Gasteiger partial charge on any atom is -0.354 e. The summed E-state index contributed by atoms with van der Waals surface area (Å²) in [5, 5.41) is 0.0390. The van der Waals surface area contributed by atoms with Gasteiger partial charge in [0.15, 0.2) is 11.3 Å². The zero-order chi connectivity index (χ0) is 13.8. The van der Waals surface area contributed by atoms with E-state index in [1.807, 2.05) is 6.92 Å². The number of ether oxygens (including phenoxy) is 2. The number of nitrogens with one attached hydrogen (secondary N) is 2. The van der Waals surface area contributed by atoms with Crippen molar-refractivity contribution in [3.8, 4) is 0 Å². The number of hydrogen-bond acceptors (Lipinski definition) is 5. The van der Waals surface area contributed by atoms with Crippen molar-refractivity contribution in [3.63, 3.8) is 0 Å². The molecule has 0 amide bonds. The van der Waals surface area contributed by atoms with E-state index in [0.717, 1.165) is 0 Å². The van der Waals surface area contributed by atoms with Gasteiger partial charge in [-0.1, -0.05) is 6.92 Å². The first-order valence-corrected chi connectivity index (χ1v) is 7.04. The number of sulfonamides is 1. The highest BCUT2D eigenvalue weighted by Crippen LogP contribution is 2.09. The molecule has 0 aromatic carbocycles. The minimum absolute atomic E-state index is 0.0390. The Balaban J connectivity index is 2.81. The Morgan fingerprint density at radius 2 is 2.06 bits per heavy atom. The summed E-state index contributed by atoms with van der Waals surface area (Å²) in [7, 11) is -0.745. The molecule has 0 fully saturated rings. The molecule has 104 valence electrons. The summed E-state index contributed by atoms with van der Waals surface area (Å²) in [6.45, 7) is 3.55. The summed E-state index contributed by atoms with van der Waals surface area (Å²) >= 11 is 0. The zero-order valence-corrected chi connectivity index (χ0v) is 11.7. The molecule has 0 spiro atoms. The van der Waals surface area contributed by atoms with Gasteiger partial charge in [0.2, 0.25) is 0 Å². The number of imidazole rings is 1. The van der Waals surface area contributed by atoms with Crippen molar-refractivity contribution in [2.24, 2.45) is 0 Å². The van der Waals surface area contributed by atoms with Crippen LogP contribution in [0.3, 0.4) is 0 Å². The molecule has 0 aliphatic carbocycles. The summed E-state index contributed by atoms with van der Waals surface area (Å²) in [4.78, 5) is 6.70. The highest BCUT2D eigenvalue weighted by atomic mass is 32.2. The topological polar surface area (TPSA) is 93.3 Å². The van der Waals surface area contributed by atoms with Gasteiger partial charge in [0.05, 0.1) is 12.2 Å². The number of aryl methyl sites for hydroxylation is 1. The van der Waals surface area contributed by atoms with E-state index in [9.17, 15) is 8.42 Å². The highest BCUT2D eigenvalue weighted by molar-refractivity contribution is 7.89. The van der Waals surface area contributed by atoms with Gasteiger partial charge in [-0.2, -0.15) is 0 Å². The summed E-state index contributed by atoms with van der Waals surface area (Å²) in [5.41, 5.74) is 0. The Morgan fingerprint density at radius 3 is 2.50 bits per heavy atom. The van der Waals surface area contributed by atoms with Gasteiger partial charge in [0.1, 0.15) is 5.82 Å². The van der Waals surface area contributed by atoms with E-state index in [2.05, 4.69) is 14.7 Å². The molecular formula is C10H19N3O4S. The minimum atomic E-state index is -3.64. The van der Waals surface area contributed by atoms with Crippen molar-refractivity contribution in [1.29, 1.82) is 0 Å². The fourth-order valence-corrected chi connectivity index (χ4v) is 2.70. The fraction of sp³-hybridized carbons (Fsp3) is 0.700. The molecule has 1 atom stereocenters. The molecule has 1 aromatic rings. The van der Waals surface area contributed by atoms with Crippen LogP contribution in [0.5, 0.6) is 0 Å². The van der Waals surface area contributed by atoms with Crippen LogP contribution in [0.25, 0.3) is 0 Å². The molecule has 7 nitrogen and oxygen atoms in total. The predicted molar refractivity (Wildman–Crippen MR) is 65.6 cm³/mol. The maximum Gasteiger partial charge on any atom is 0.258 e. The number of nitrogens with zero attached hydrogens (tertiary/aromatic N) is 1. The standard InChI is InChI=1S/C10H19N3O4S/c1-5-8-11-6-9(12-8)18(14,15)13-7(2)10(16-3)17-4/h6-7,10,13H,5H2,1-4H3,(H,11,12). The Labute approximate surface area is 107 Å². The Kier molecular flexibility index (Phi) is 5.27. The average molecular weight is 277 g/mol. The molecule has 2 N–H and O–H groups in total. The molecule has 1 rings (SSSR count). The molecule has 1 unspecified atom stereocenters. The number of hydrogen-bond donors (Lipinski definition) is 2. The van der Waals surface area contributed by atoms with Crippen LogP contribution in [0.2, 0.25) is 0 Å². The quantitative estimate of drug-likeness (QED) is 0.697. The fourth-order valence-electron chi connectivity index (χ4n) is 1.53. The Bertz CT molecular complexity index is 467. The number of aromatic nitrogens is 2. The van der Waals surface area contributed by atoms with Crippen molar-refractivity contribution in [2.45, 2.75) is 37.6 Å². The maximum absolute atomic E-state index is 12.0. The second-order valence-electron chi connectivity index (χ2n) is 3.80. The van der Waals surface area contributed by atoms with Crippen LogP contribution < -0.4 is 4.72 Å². The van der Waals surface area contributed by atoms with Gasteiger partial charge in [0.25, 0.3) is 10.0 Å². The molecule has 0 bridgehead atoms. The average Bonchev–Trinajstić information content (AvgIpc) is 2.79. The molecule has 18 heavy (non-hydrogen) atoms. The van der Waals surface area contributed by atoms with Crippen LogP contribution in [0.1, 0.15) is 19.7 Å². The second-order valence-corrected chi connectivity index (χ2v) is 5.48. The summed E-state index contributed by atoms with van der Waals surface area (Å²) in [6.07, 6.45) is 1.29. The molecule has 1 heterocycles. The van der Waals surface area contributed by atoms with Gasteiger partial charge in [-0.05, 0) is 6.92 Å². The van der Waals surface area contributed by atoms with Gasteiger partial charge >= 0.3 is 0 Å². The van der Waals surface area contributed by atoms with Crippen molar-refractivity contribution in [1.82, 2.24) is 14.7 Å². The molecule has 8 heteroatoms. The molecule has 0 aliphatic heterocycles. The number of H-pyrrole nitrogens is 1. The lowest BCUT2D eigenvalue weighted by atomic mass is 10.3. The largest absolute Gasteiger partial charge is 0.354 e. The number of methoxy groups -OCH3 is 2.